The van der Waals surface area contributed by atoms with Crippen molar-refractivity contribution in [2.75, 3.05) is 23.7 Å². The monoisotopic (exact) mass is 546 g/mol. The summed E-state index contributed by atoms with van der Waals surface area (Å²) in [5.41, 5.74) is 3.13. The van der Waals surface area contributed by atoms with E-state index in [0.29, 0.717) is 61.2 Å². The molecule has 0 saturated carbocycles. The number of aromatic amines is 1. The number of nitrogens with one attached hydrogen (secondary N) is 4. The number of alkyl halides is 2. The number of anilines is 2. The van der Waals surface area contributed by atoms with Crippen LogP contribution in [-0.4, -0.2) is 53.2 Å². The fraction of sp³-hybridized carbons (Fsp3) is 0.304. The van der Waals surface area contributed by atoms with Crippen molar-refractivity contribution >= 4 is 51.5 Å². The molecule has 1 aliphatic rings. The average Bonchev–Trinajstić information content (AvgIpc) is 3.61. The van der Waals surface area contributed by atoms with Crippen molar-refractivity contribution < 1.29 is 8.78 Å². The fourth-order valence-corrected chi connectivity index (χ4v) is 4.78. The number of benzene rings is 1. The van der Waals surface area contributed by atoms with E-state index in [9.17, 15) is 8.78 Å². The third kappa shape index (κ3) is 4.79. The molecule has 1 fully saturated rings. The minimum Gasteiger partial charge on any atom is -0.365 e. The lowest BCUT2D eigenvalue weighted by Gasteiger charge is -2.24. The summed E-state index contributed by atoms with van der Waals surface area (Å²) >= 11 is 12.3. The van der Waals surface area contributed by atoms with Gasteiger partial charge in [-0.2, -0.15) is 13.9 Å². The maximum absolute atomic E-state index is 13.1. The Morgan fingerprint density at radius 2 is 2.00 bits per heavy atom. The molecule has 1 aromatic carbocycles. The highest BCUT2D eigenvalue weighted by molar-refractivity contribution is 6.42. The topological polar surface area (TPSA) is 113 Å². The van der Waals surface area contributed by atoms with Gasteiger partial charge < -0.3 is 20.9 Å². The molecule has 192 valence electrons. The highest BCUT2D eigenvalue weighted by Gasteiger charge is 2.19. The van der Waals surface area contributed by atoms with Crippen molar-refractivity contribution in [3.63, 3.8) is 0 Å². The summed E-state index contributed by atoms with van der Waals surface area (Å²) in [7, 11) is 0. The molecule has 0 unspecified atom stereocenters. The van der Waals surface area contributed by atoms with Crippen LogP contribution in [0.5, 0.6) is 0 Å². The van der Waals surface area contributed by atoms with Crippen LogP contribution < -0.4 is 16.0 Å². The molecule has 10 nitrogen and oxygen atoms in total. The quantitative estimate of drug-likeness (QED) is 0.228. The van der Waals surface area contributed by atoms with E-state index in [-0.39, 0.29) is 6.04 Å². The Kier molecular flexibility index (Phi) is 6.31. The molecule has 37 heavy (non-hydrogen) atoms. The minimum atomic E-state index is -2.73. The lowest BCUT2D eigenvalue weighted by Crippen LogP contribution is -2.38. The molecule has 14 heteroatoms. The number of halogens is 4. The van der Waals surface area contributed by atoms with Crippen LogP contribution in [0.4, 0.5) is 20.4 Å². The van der Waals surface area contributed by atoms with Gasteiger partial charge in [0.15, 0.2) is 11.5 Å². The average molecular weight is 547 g/mol. The molecule has 0 aliphatic carbocycles. The first-order valence-corrected chi connectivity index (χ1v) is 12.5. The van der Waals surface area contributed by atoms with Gasteiger partial charge in [-0.05, 0) is 31.5 Å². The Morgan fingerprint density at radius 1 is 1.14 bits per heavy atom. The van der Waals surface area contributed by atoms with Crippen molar-refractivity contribution in [1.82, 2.24) is 39.4 Å². The van der Waals surface area contributed by atoms with E-state index in [4.69, 9.17) is 28.2 Å². The van der Waals surface area contributed by atoms with Crippen molar-refractivity contribution in [2.24, 2.45) is 0 Å². The van der Waals surface area contributed by atoms with Crippen molar-refractivity contribution in [3.8, 4) is 11.3 Å². The lowest BCUT2D eigenvalue weighted by atomic mass is 10.1. The standard InChI is InChI=1S/C23H22Cl2F2N10/c24-14-4-16-17(5-15(14)25)34-19(33-16)9-29-21-22-30-8-18(12-6-31-37(10-12)23(26)27)36(22)11-20(35-21)32-13-2-1-3-28-7-13/h4-6,8,10-11,13,23,28,32H,1-3,7,9H2,(H,29,35)(H,33,34)/t13-/m0/s1. The summed E-state index contributed by atoms with van der Waals surface area (Å²) < 4.78 is 28.7. The molecule has 0 bridgehead atoms. The second kappa shape index (κ2) is 9.77. The Hall–Kier alpha value is -3.48. The van der Waals surface area contributed by atoms with Crippen molar-refractivity contribution in [3.05, 3.63) is 52.8 Å². The van der Waals surface area contributed by atoms with Gasteiger partial charge in [-0.1, -0.05) is 23.2 Å². The van der Waals surface area contributed by atoms with Gasteiger partial charge in [-0.25, -0.2) is 19.6 Å². The van der Waals surface area contributed by atoms with Gasteiger partial charge in [-0.15, -0.1) is 0 Å². The van der Waals surface area contributed by atoms with Crippen LogP contribution in [-0.2, 0) is 6.54 Å². The van der Waals surface area contributed by atoms with Crippen LogP contribution in [0.25, 0.3) is 27.9 Å². The van der Waals surface area contributed by atoms with E-state index in [1.165, 1.54) is 12.4 Å². The Labute approximate surface area is 219 Å². The van der Waals surface area contributed by atoms with Crippen LogP contribution in [0.2, 0.25) is 10.0 Å². The number of hydrogen-bond acceptors (Lipinski definition) is 7. The molecule has 1 saturated heterocycles. The SMILES string of the molecule is FC(F)n1cc(-c2cnc3c(NCc4nc5cc(Cl)c(Cl)cc5[nH]4)nc(N[C@H]4CCCNC4)cn23)cn1. The summed E-state index contributed by atoms with van der Waals surface area (Å²) in [6, 6.07) is 3.65. The summed E-state index contributed by atoms with van der Waals surface area (Å²) in [5.74, 6) is 1.80. The molecule has 4 aromatic heterocycles. The number of piperidine rings is 1. The maximum atomic E-state index is 13.1. The van der Waals surface area contributed by atoms with Crippen LogP contribution in [0, 0.1) is 0 Å². The molecule has 4 N–H and O–H groups in total. The molecule has 0 spiro atoms. The third-order valence-corrected chi connectivity index (χ3v) is 6.96. The number of rotatable bonds is 7. The van der Waals surface area contributed by atoms with Crippen LogP contribution >= 0.6 is 23.2 Å². The van der Waals surface area contributed by atoms with Crippen LogP contribution in [0.3, 0.4) is 0 Å². The van der Waals surface area contributed by atoms with Gasteiger partial charge in [0.25, 0.3) is 0 Å². The summed E-state index contributed by atoms with van der Waals surface area (Å²) in [6.45, 7) is -0.584. The lowest BCUT2D eigenvalue weighted by molar-refractivity contribution is 0.0566. The number of hydrogen-bond donors (Lipinski definition) is 4. The number of fused-ring (bicyclic) bond motifs is 2. The Balaban J connectivity index is 1.35. The molecule has 6 rings (SSSR count). The molecule has 1 atom stereocenters. The largest absolute Gasteiger partial charge is 0.365 e. The van der Waals surface area contributed by atoms with E-state index in [1.54, 1.807) is 18.3 Å². The van der Waals surface area contributed by atoms with Gasteiger partial charge in [-0.3, -0.25) is 4.40 Å². The number of aromatic nitrogens is 7. The zero-order chi connectivity index (χ0) is 25.5. The summed E-state index contributed by atoms with van der Waals surface area (Å²) in [4.78, 5) is 17.1. The van der Waals surface area contributed by atoms with Crippen LogP contribution in [0.1, 0.15) is 25.2 Å². The molecule has 0 amide bonds. The number of imidazole rings is 2. The second-order valence-corrected chi connectivity index (χ2v) is 9.62. The number of H-pyrrole nitrogens is 1. The van der Waals surface area contributed by atoms with E-state index < -0.39 is 6.55 Å². The van der Waals surface area contributed by atoms with Gasteiger partial charge in [0, 0.05) is 24.3 Å². The maximum Gasteiger partial charge on any atom is 0.333 e. The Bertz CT molecular complexity index is 1530. The predicted octanol–water partition coefficient (Wildman–Crippen LogP) is 4.95. The van der Waals surface area contributed by atoms with E-state index in [2.05, 4.69) is 36.0 Å². The zero-order valence-corrected chi connectivity index (χ0v) is 20.9. The third-order valence-electron chi connectivity index (χ3n) is 6.23. The first kappa shape index (κ1) is 23.9. The fourth-order valence-electron chi connectivity index (χ4n) is 4.46. The summed E-state index contributed by atoms with van der Waals surface area (Å²) in [5, 5.41) is 14.8. The van der Waals surface area contributed by atoms with Crippen molar-refractivity contribution in [2.45, 2.75) is 32.0 Å². The molecular weight excluding hydrogens is 525 g/mol. The van der Waals surface area contributed by atoms with E-state index in [1.807, 2.05) is 10.6 Å². The first-order chi connectivity index (χ1) is 17.9. The smallest absolute Gasteiger partial charge is 0.333 e. The molecule has 0 radical (unpaired) electrons. The van der Waals surface area contributed by atoms with E-state index >= 15 is 0 Å². The van der Waals surface area contributed by atoms with Crippen molar-refractivity contribution in [1.29, 1.82) is 0 Å². The Morgan fingerprint density at radius 3 is 2.78 bits per heavy atom. The predicted molar refractivity (Wildman–Crippen MR) is 138 cm³/mol. The highest BCUT2D eigenvalue weighted by Crippen LogP contribution is 2.29. The molecule has 1 aliphatic heterocycles. The minimum absolute atomic E-state index is 0.213. The first-order valence-electron chi connectivity index (χ1n) is 11.7. The highest BCUT2D eigenvalue weighted by atomic mass is 35.5. The zero-order valence-electron chi connectivity index (χ0n) is 19.3. The van der Waals surface area contributed by atoms with Gasteiger partial charge in [0.2, 0.25) is 0 Å². The molecular formula is C23H22Cl2F2N10. The second-order valence-electron chi connectivity index (χ2n) is 8.81. The molecule has 5 aromatic rings. The van der Waals surface area contributed by atoms with E-state index in [0.717, 1.165) is 31.4 Å². The summed E-state index contributed by atoms with van der Waals surface area (Å²) in [6.07, 6.45) is 8.21. The van der Waals surface area contributed by atoms with Crippen LogP contribution in [0.15, 0.2) is 36.9 Å². The van der Waals surface area contributed by atoms with Gasteiger partial charge in [0.1, 0.15) is 11.6 Å². The van der Waals surface area contributed by atoms with Gasteiger partial charge >= 0.3 is 6.55 Å². The molecule has 5 heterocycles. The normalized spacial score (nSPS) is 16.2. The number of nitrogens with zero attached hydrogens (tertiary/aromatic N) is 6. The van der Waals surface area contributed by atoms with Gasteiger partial charge in [0.05, 0.1) is 51.9 Å².